The largest absolute Gasteiger partial charge is 0.495 e. The molecule has 29 heavy (non-hydrogen) atoms. The number of carbonyl (C=O) groups excluding carboxylic acids is 1. The summed E-state index contributed by atoms with van der Waals surface area (Å²) in [6.45, 7) is 1.45. The molecule has 1 fully saturated rings. The number of benzene rings is 1. The van der Waals surface area contributed by atoms with E-state index in [0.29, 0.717) is 34.6 Å². The van der Waals surface area contributed by atoms with Crippen LogP contribution in [-0.4, -0.2) is 38.8 Å². The molecule has 158 valence electrons. The molecular weight excluding hydrogens is 432 g/mol. The van der Waals surface area contributed by atoms with Crippen LogP contribution in [-0.2, 0) is 27.8 Å². The Morgan fingerprint density at radius 2 is 1.90 bits per heavy atom. The third-order valence-electron chi connectivity index (χ3n) is 4.84. The van der Waals surface area contributed by atoms with Gasteiger partial charge in [0.1, 0.15) is 9.96 Å². The Kier molecular flexibility index (Phi) is 7.56. The lowest BCUT2D eigenvalue weighted by molar-refractivity contribution is -0.120. The quantitative estimate of drug-likeness (QED) is 0.686. The molecule has 6 nitrogen and oxygen atoms in total. The number of methoxy groups -OCH3 is 1. The monoisotopic (exact) mass is 456 g/mol. The molecule has 9 heteroatoms. The average molecular weight is 457 g/mol. The highest BCUT2D eigenvalue weighted by molar-refractivity contribution is 7.91. The summed E-state index contributed by atoms with van der Waals surface area (Å²) < 4.78 is 32.7. The number of thiophene rings is 1. The van der Waals surface area contributed by atoms with E-state index in [1.807, 2.05) is 0 Å². The van der Waals surface area contributed by atoms with E-state index in [9.17, 15) is 13.2 Å². The number of hydrogen-bond acceptors (Lipinski definition) is 5. The number of nitrogens with one attached hydrogen (secondary N) is 1. The molecule has 0 radical (unpaired) electrons. The average Bonchev–Trinajstić information content (AvgIpc) is 3.00. The first-order valence-corrected chi connectivity index (χ1v) is 12.2. The van der Waals surface area contributed by atoms with Crippen LogP contribution in [0.3, 0.4) is 0 Å². The highest BCUT2D eigenvalue weighted by Crippen LogP contribution is 2.27. The summed E-state index contributed by atoms with van der Waals surface area (Å²) in [7, 11) is -1.91. The molecule has 1 aliphatic rings. The minimum atomic E-state index is -3.45. The molecular formula is C20H25ClN2O4S2. The van der Waals surface area contributed by atoms with Crippen LogP contribution >= 0.6 is 22.9 Å². The lowest BCUT2D eigenvalue weighted by atomic mass is 10.1. The predicted octanol–water partition coefficient (Wildman–Crippen LogP) is 3.83. The molecule has 0 bridgehead atoms. The fraction of sp³-hybridized carbons (Fsp3) is 0.450. The van der Waals surface area contributed by atoms with E-state index in [4.69, 9.17) is 16.3 Å². The molecule has 1 saturated heterocycles. The summed E-state index contributed by atoms with van der Waals surface area (Å²) in [6.07, 6.45) is 4.15. The third-order valence-corrected chi connectivity index (χ3v) is 8.58. The van der Waals surface area contributed by atoms with Gasteiger partial charge in [0.25, 0.3) is 10.0 Å². The first kappa shape index (κ1) is 22.1. The molecule has 2 aromatic rings. The van der Waals surface area contributed by atoms with Gasteiger partial charge in [-0.1, -0.05) is 30.5 Å². The number of amides is 1. The molecule has 0 spiro atoms. The molecule has 0 saturated carbocycles. The molecule has 0 aliphatic carbocycles. The summed E-state index contributed by atoms with van der Waals surface area (Å²) in [5, 5.41) is 3.30. The van der Waals surface area contributed by atoms with Crippen molar-refractivity contribution in [2.45, 2.75) is 42.9 Å². The zero-order chi connectivity index (χ0) is 20.9. The number of sulfonamides is 1. The first-order chi connectivity index (χ1) is 13.9. The minimum absolute atomic E-state index is 0.156. The Balaban J connectivity index is 1.57. The van der Waals surface area contributed by atoms with Crippen LogP contribution in [0.5, 0.6) is 5.75 Å². The lowest BCUT2D eigenvalue weighted by Gasteiger charge is -2.18. The molecule has 3 rings (SSSR count). The third kappa shape index (κ3) is 5.72. The van der Waals surface area contributed by atoms with Crippen LogP contribution in [0.4, 0.5) is 0 Å². The fourth-order valence-electron chi connectivity index (χ4n) is 3.25. The first-order valence-electron chi connectivity index (χ1n) is 9.58. The Morgan fingerprint density at radius 3 is 2.55 bits per heavy atom. The maximum Gasteiger partial charge on any atom is 0.252 e. The van der Waals surface area contributed by atoms with Crippen molar-refractivity contribution in [2.24, 2.45) is 0 Å². The van der Waals surface area contributed by atoms with Crippen LogP contribution in [0.15, 0.2) is 34.5 Å². The smallest absolute Gasteiger partial charge is 0.252 e. The predicted molar refractivity (Wildman–Crippen MR) is 115 cm³/mol. The fourth-order valence-corrected chi connectivity index (χ4v) is 6.50. The van der Waals surface area contributed by atoms with Gasteiger partial charge in [-0.05, 0) is 42.7 Å². The SMILES string of the molecule is COc1ccc(CC(=O)NCc2ccc(S(=O)(=O)N3CCCCCC3)s2)cc1Cl. The minimum Gasteiger partial charge on any atom is -0.495 e. The van der Waals surface area contributed by atoms with Crippen molar-refractivity contribution < 1.29 is 17.9 Å². The second kappa shape index (κ2) is 9.93. The van der Waals surface area contributed by atoms with Crippen LogP contribution in [0.1, 0.15) is 36.1 Å². The Hall–Kier alpha value is -1.61. The van der Waals surface area contributed by atoms with Crippen molar-refractivity contribution in [3.8, 4) is 5.75 Å². The number of carbonyl (C=O) groups is 1. The van der Waals surface area contributed by atoms with Gasteiger partial charge in [-0.2, -0.15) is 4.31 Å². The summed E-state index contributed by atoms with van der Waals surface area (Å²) in [5.41, 5.74) is 0.781. The van der Waals surface area contributed by atoms with E-state index in [1.54, 1.807) is 34.6 Å². The number of ether oxygens (including phenoxy) is 1. The van der Waals surface area contributed by atoms with Crippen molar-refractivity contribution in [3.63, 3.8) is 0 Å². The van der Waals surface area contributed by atoms with Crippen molar-refractivity contribution >= 4 is 38.9 Å². The maximum atomic E-state index is 12.8. The van der Waals surface area contributed by atoms with Gasteiger partial charge in [-0.3, -0.25) is 4.79 Å². The second-order valence-corrected chi connectivity index (χ2v) is 10.7. The zero-order valence-corrected chi connectivity index (χ0v) is 18.7. The normalized spacial score (nSPS) is 15.7. The Morgan fingerprint density at radius 1 is 1.17 bits per heavy atom. The van der Waals surface area contributed by atoms with E-state index in [-0.39, 0.29) is 12.3 Å². The van der Waals surface area contributed by atoms with Gasteiger partial charge in [0.05, 0.1) is 25.1 Å². The molecule has 1 aromatic heterocycles. The van der Waals surface area contributed by atoms with Gasteiger partial charge >= 0.3 is 0 Å². The van der Waals surface area contributed by atoms with Crippen molar-refractivity contribution in [3.05, 3.63) is 45.8 Å². The molecule has 1 amide bonds. The summed E-state index contributed by atoms with van der Waals surface area (Å²) in [5.74, 6) is 0.407. The summed E-state index contributed by atoms with van der Waals surface area (Å²) in [4.78, 5) is 13.0. The van der Waals surface area contributed by atoms with Gasteiger partial charge < -0.3 is 10.1 Å². The van der Waals surface area contributed by atoms with Crippen molar-refractivity contribution in [1.29, 1.82) is 0 Å². The molecule has 0 unspecified atom stereocenters. The Bertz CT molecular complexity index is 951. The second-order valence-electron chi connectivity index (χ2n) is 6.96. The van der Waals surface area contributed by atoms with Gasteiger partial charge in [0, 0.05) is 18.0 Å². The number of halogens is 1. The van der Waals surface area contributed by atoms with Gasteiger partial charge in [-0.15, -0.1) is 11.3 Å². The zero-order valence-electron chi connectivity index (χ0n) is 16.3. The van der Waals surface area contributed by atoms with E-state index in [0.717, 1.165) is 36.1 Å². The van der Waals surface area contributed by atoms with Crippen LogP contribution in [0.2, 0.25) is 5.02 Å². The highest BCUT2D eigenvalue weighted by atomic mass is 35.5. The molecule has 1 aliphatic heterocycles. The van der Waals surface area contributed by atoms with Crippen molar-refractivity contribution in [1.82, 2.24) is 9.62 Å². The number of rotatable bonds is 7. The van der Waals surface area contributed by atoms with Gasteiger partial charge in [0.15, 0.2) is 0 Å². The standard InChI is InChI=1S/C20H25ClN2O4S2/c1-27-18-8-6-15(12-17(18)21)13-19(24)22-14-16-7-9-20(28-16)29(25,26)23-10-4-2-3-5-11-23/h6-9,12H,2-5,10-11,13-14H2,1H3,(H,22,24). The topological polar surface area (TPSA) is 75.7 Å². The molecule has 2 heterocycles. The number of nitrogens with zero attached hydrogens (tertiary/aromatic N) is 1. The molecule has 1 aromatic carbocycles. The van der Waals surface area contributed by atoms with E-state index >= 15 is 0 Å². The van der Waals surface area contributed by atoms with E-state index in [2.05, 4.69) is 5.32 Å². The van der Waals surface area contributed by atoms with Crippen LogP contribution < -0.4 is 10.1 Å². The van der Waals surface area contributed by atoms with E-state index < -0.39 is 10.0 Å². The van der Waals surface area contributed by atoms with Gasteiger partial charge in [0.2, 0.25) is 5.91 Å². The molecule has 1 N–H and O–H groups in total. The highest BCUT2D eigenvalue weighted by Gasteiger charge is 2.26. The van der Waals surface area contributed by atoms with Crippen LogP contribution in [0.25, 0.3) is 0 Å². The lowest BCUT2D eigenvalue weighted by Crippen LogP contribution is -2.31. The Labute approximate surface area is 180 Å². The number of hydrogen-bond donors (Lipinski definition) is 1. The molecule has 0 atom stereocenters. The van der Waals surface area contributed by atoms with Crippen molar-refractivity contribution in [2.75, 3.05) is 20.2 Å². The van der Waals surface area contributed by atoms with Crippen LogP contribution in [0, 0.1) is 0 Å². The van der Waals surface area contributed by atoms with Gasteiger partial charge in [-0.25, -0.2) is 8.42 Å². The summed E-state index contributed by atoms with van der Waals surface area (Å²) >= 11 is 7.30. The summed E-state index contributed by atoms with van der Waals surface area (Å²) in [6, 6.07) is 8.62. The maximum absolute atomic E-state index is 12.8. The van der Waals surface area contributed by atoms with E-state index in [1.165, 1.54) is 18.4 Å².